The molecule has 0 bridgehead atoms. The summed E-state index contributed by atoms with van der Waals surface area (Å²) in [6, 6.07) is 19.7. The van der Waals surface area contributed by atoms with Crippen LogP contribution in [0.4, 0.5) is 0 Å². The normalized spacial score (nSPS) is 11.5. The quantitative estimate of drug-likeness (QED) is 0.207. The van der Waals surface area contributed by atoms with Gasteiger partial charge in [0.15, 0.2) is 15.9 Å². The van der Waals surface area contributed by atoms with Crippen molar-refractivity contribution in [2.75, 3.05) is 5.75 Å². The van der Waals surface area contributed by atoms with Gasteiger partial charge >= 0.3 is 0 Å². The molecule has 5 aromatic rings. The van der Waals surface area contributed by atoms with E-state index in [9.17, 15) is 4.79 Å². The molecule has 10 heteroatoms. The Labute approximate surface area is 204 Å². The second-order valence-corrected chi connectivity index (χ2v) is 9.28. The van der Waals surface area contributed by atoms with Crippen molar-refractivity contribution in [3.63, 3.8) is 0 Å². The summed E-state index contributed by atoms with van der Waals surface area (Å²) in [5.74, 6) is 0.639. The van der Waals surface area contributed by atoms with Crippen molar-refractivity contribution in [1.29, 1.82) is 0 Å². The summed E-state index contributed by atoms with van der Waals surface area (Å²) in [6.07, 6.45) is 1.64. The van der Waals surface area contributed by atoms with E-state index in [2.05, 4.69) is 25.7 Å². The van der Waals surface area contributed by atoms with Gasteiger partial charge in [-0.15, -0.1) is 21.5 Å². The minimum atomic E-state index is -0.231. The van der Waals surface area contributed by atoms with E-state index in [0.29, 0.717) is 5.16 Å². The Morgan fingerprint density at radius 1 is 1.09 bits per heavy atom. The van der Waals surface area contributed by atoms with Crippen LogP contribution in [0.5, 0.6) is 0 Å². The second kappa shape index (κ2) is 9.62. The molecule has 0 atom stereocenters. The van der Waals surface area contributed by atoms with Crippen LogP contribution in [0.3, 0.4) is 0 Å². The molecule has 0 saturated heterocycles. The van der Waals surface area contributed by atoms with Gasteiger partial charge < -0.3 is 0 Å². The molecule has 1 N–H and O–H groups in total. The van der Waals surface area contributed by atoms with Crippen LogP contribution in [0.1, 0.15) is 17.1 Å². The zero-order valence-electron chi connectivity index (χ0n) is 18.5. The van der Waals surface area contributed by atoms with Crippen molar-refractivity contribution in [2.24, 2.45) is 5.10 Å². The number of carbonyl (C=O) groups excluding carboxylic acids is 1. The Hall–Kier alpha value is -3.76. The lowest BCUT2D eigenvalue weighted by molar-refractivity contribution is -0.118. The minimum Gasteiger partial charge on any atom is -0.286 e. The molecule has 1 amide bonds. The zero-order chi connectivity index (χ0) is 23.5. The molecule has 0 radical (unpaired) electrons. The van der Waals surface area contributed by atoms with Gasteiger partial charge in [0.25, 0.3) is 5.91 Å². The molecule has 0 aliphatic carbocycles. The maximum absolute atomic E-state index is 12.5. The minimum absolute atomic E-state index is 0.148. The number of carbonyl (C=O) groups is 1. The second-order valence-electron chi connectivity index (χ2n) is 7.50. The number of thiazole rings is 1. The summed E-state index contributed by atoms with van der Waals surface area (Å²) in [4.78, 5) is 18.0. The zero-order valence-corrected chi connectivity index (χ0v) is 20.2. The van der Waals surface area contributed by atoms with Crippen LogP contribution in [0.2, 0.25) is 0 Å². The van der Waals surface area contributed by atoms with Gasteiger partial charge in [-0.2, -0.15) is 5.10 Å². The number of para-hydroxylation sites is 1. The van der Waals surface area contributed by atoms with E-state index in [1.165, 1.54) is 11.8 Å². The molecule has 0 aliphatic rings. The fraction of sp³-hybridized carbons (Fsp3) is 0.125. The van der Waals surface area contributed by atoms with Gasteiger partial charge in [-0.25, -0.2) is 10.4 Å². The van der Waals surface area contributed by atoms with Gasteiger partial charge in [0.2, 0.25) is 0 Å². The van der Waals surface area contributed by atoms with E-state index in [-0.39, 0.29) is 11.7 Å². The molecule has 170 valence electrons. The lowest BCUT2D eigenvalue weighted by Gasteiger charge is -2.10. The van der Waals surface area contributed by atoms with E-state index in [0.717, 1.165) is 39.1 Å². The van der Waals surface area contributed by atoms with Crippen molar-refractivity contribution in [2.45, 2.75) is 19.0 Å². The van der Waals surface area contributed by atoms with Crippen molar-refractivity contribution >= 4 is 40.2 Å². The van der Waals surface area contributed by atoms with Crippen molar-refractivity contribution < 1.29 is 4.79 Å². The molecule has 0 fully saturated rings. The van der Waals surface area contributed by atoms with Crippen LogP contribution >= 0.6 is 23.1 Å². The first-order valence-corrected chi connectivity index (χ1v) is 12.4. The summed E-state index contributed by atoms with van der Waals surface area (Å²) in [5.41, 5.74) is 7.29. The highest BCUT2D eigenvalue weighted by atomic mass is 32.2. The summed E-state index contributed by atoms with van der Waals surface area (Å²) in [5, 5.41) is 15.6. The molecular formula is C24H21N7OS2. The Bertz CT molecular complexity index is 1470. The molecular weight excluding hydrogens is 466 g/mol. The highest BCUT2D eigenvalue weighted by molar-refractivity contribution is 7.99. The number of aryl methyl sites for hydroxylation is 2. The largest absolute Gasteiger partial charge is 0.286 e. The van der Waals surface area contributed by atoms with Gasteiger partial charge in [-0.05, 0) is 26.0 Å². The number of fused-ring (bicyclic) bond motifs is 1. The van der Waals surface area contributed by atoms with E-state index in [1.54, 1.807) is 17.6 Å². The van der Waals surface area contributed by atoms with Gasteiger partial charge in [-0.3, -0.25) is 13.8 Å². The van der Waals surface area contributed by atoms with Gasteiger partial charge in [0.1, 0.15) is 0 Å². The molecule has 0 spiro atoms. The van der Waals surface area contributed by atoms with Crippen LogP contribution in [0.15, 0.2) is 76.3 Å². The number of hydrogen-bond acceptors (Lipinski definition) is 7. The van der Waals surface area contributed by atoms with E-state index in [4.69, 9.17) is 0 Å². The molecule has 0 saturated carbocycles. The average molecular weight is 488 g/mol. The predicted octanol–water partition coefficient (Wildman–Crippen LogP) is 4.50. The molecule has 8 nitrogen and oxygen atoms in total. The van der Waals surface area contributed by atoms with Crippen molar-refractivity contribution in [3.8, 4) is 17.1 Å². The maximum atomic E-state index is 12.5. The number of nitrogens with one attached hydrogen (secondary N) is 1. The van der Waals surface area contributed by atoms with Gasteiger partial charge in [0, 0.05) is 22.3 Å². The molecule has 34 heavy (non-hydrogen) atoms. The SMILES string of the molecule is Cc1nc2scc(C)n2c1/C=N/NC(=O)CSc1nnc(-c2ccccc2)n1-c1ccccc1. The number of imidazole rings is 1. The lowest BCUT2D eigenvalue weighted by atomic mass is 10.2. The van der Waals surface area contributed by atoms with Gasteiger partial charge in [-0.1, -0.05) is 60.3 Å². The number of amides is 1. The fourth-order valence-electron chi connectivity index (χ4n) is 3.55. The first kappa shape index (κ1) is 22.1. The monoisotopic (exact) mass is 487 g/mol. The standard InChI is InChI=1S/C24H21N7OS2/c1-16-14-33-23-26-17(2)20(30(16)23)13-25-27-21(32)15-34-24-29-28-22(18-9-5-3-6-10-18)31(24)19-11-7-4-8-12-19/h3-14H,15H2,1-2H3,(H,27,32)/b25-13+. The average Bonchev–Trinajstić information content (AvgIpc) is 3.54. The van der Waals surface area contributed by atoms with Crippen LogP contribution < -0.4 is 5.43 Å². The van der Waals surface area contributed by atoms with Crippen molar-refractivity contribution in [1.82, 2.24) is 29.6 Å². The number of aromatic nitrogens is 5. The topological polar surface area (TPSA) is 89.5 Å². The number of rotatable bonds is 7. The first-order chi connectivity index (χ1) is 16.6. The summed E-state index contributed by atoms with van der Waals surface area (Å²) in [6.45, 7) is 3.95. The summed E-state index contributed by atoms with van der Waals surface area (Å²) >= 11 is 2.89. The maximum Gasteiger partial charge on any atom is 0.250 e. The molecule has 3 heterocycles. The van der Waals surface area contributed by atoms with Crippen molar-refractivity contribution in [3.05, 3.63) is 83.1 Å². The van der Waals surface area contributed by atoms with Crippen LogP contribution in [-0.2, 0) is 4.79 Å². The highest BCUT2D eigenvalue weighted by Gasteiger charge is 2.17. The molecule has 2 aromatic carbocycles. The molecule has 0 unspecified atom stereocenters. The van der Waals surface area contributed by atoms with Crippen LogP contribution in [0, 0.1) is 13.8 Å². The Morgan fingerprint density at radius 3 is 2.59 bits per heavy atom. The number of hydrogen-bond donors (Lipinski definition) is 1. The predicted molar refractivity (Wildman–Crippen MR) is 136 cm³/mol. The third-order valence-corrected chi connectivity index (χ3v) is 7.01. The molecule has 3 aromatic heterocycles. The first-order valence-electron chi connectivity index (χ1n) is 10.6. The molecule has 5 rings (SSSR count). The van der Waals surface area contributed by atoms with Gasteiger partial charge in [0.05, 0.1) is 23.4 Å². The van der Waals surface area contributed by atoms with E-state index >= 15 is 0 Å². The van der Waals surface area contributed by atoms with E-state index in [1.807, 2.05) is 88.9 Å². The Balaban J connectivity index is 1.32. The lowest BCUT2D eigenvalue weighted by Crippen LogP contribution is -2.20. The Morgan fingerprint density at radius 2 is 1.82 bits per heavy atom. The van der Waals surface area contributed by atoms with Crippen LogP contribution in [-0.4, -0.2) is 42.0 Å². The van der Waals surface area contributed by atoms with Crippen LogP contribution in [0.25, 0.3) is 22.0 Å². The fourth-order valence-corrected chi connectivity index (χ4v) is 5.22. The third kappa shape index (κ3) is 4.37. The van der Waals surface area contributed by atoms with E-state index < -0.39 is 0 Å². The number of nitrogens with zero attached hydrogens (tertiary/aromatic N) is 6. The Kier molecular flexibility index (Phi) is 6.24. The molecule has 0 aliphatic heterocycles. The summed E-state index contributed by atoms with van der Waals surface area (Å²) in [7, 11) is 0. The number of hydrazone groups is 1. The third-order valence-electron chi connectivity index (χ3n) is 5.14. The smallest absolute Gasteiger partial charge is 0.250 e. The number of benzene rings is 2. The number of thioether (sulfide) groups is 1. The summed E-state index contributed by atoms with van der Waals surface area (Å²) < 4.78 is 3.99. The highest BCUT2D eigenvalue weighted by Crippen LogP contribution is 2.27.